The van der Waals surface area contributed by atoms with Crippen LogP contribution in [-0.4, -0.2) is 56.6 Å². The molecule has 14 heteroatoms. The van der Waals surface area contributed by atoms with Crippen molar-refractivity contribution < 1.29 is 22.4 Å². The first kappa shape index (κ1) is 24.9. The zero-order valence-electron chi connectivity index (χ0n) is 19.8. The van der Waals surface area contributed by atoms with E-state index in [2.05, 4.69) is 36.6 Å². The Labute approximate surface area is 209 Å². The van der Waals surface area contributed by atoms with Gasteiger partial charge in [-0.25, -0.2) is 37.6 Å². The minimum absolute atomic E-state index is 0.0271. The molecule has 5 heterocycles. The summed E-state index contributed by atoms with van der Waals surface area (Å²) < 4.78 is 56.6. The number of aromatic nitrogens is 4. The number of pyridine rings is 2. The Hall–Kier alpha value is -3.78. The lowest BCUT2D eigenvalue weighted by molar-refractivity contribution is -0.134. The highest BCUT2D eigenvalue weighted by atomic mass is 19.3. The Morgan fingerprint density at radius 1 is 1.22 bits per heavy atom. The molecular formula is C23H25F4N9O. The number of hydrazine groups is 1. The van der Waals surface area contributed by atoms with Crippen LogP contribution in [0.15, 0.2) is 42.9 Å². The van der Waals surface area contributed by atoms with E-state index in [4.69, 9.17) is 0 Å². The number of anilines is 2. The Kier molecular flexibility index (Phi) is 6.69. The van der Waals surface area contributed by atoms with E-state index in [1.165, 1.54) is 34.1 Å². The summed E-state index contributed by atoms with van der Waals surface area (Å²) in [7, 11) is 0. The van der Waals surface area contributed by atoms with Crippen molar-refractivity contribution in [3.8, 4) is 5.82 Å². The van der Waals surface area contributed by atoms with E-state index in [0.717, 1.165) is 6.20 Å². The lowest BCUT2D eigenvalue weighted by atomic mass is 9.95. The van der Waals surface area contributed by atoms with Crippen LogP contribution < -0.4 is 26.4 Å². The molecule has 0 aliphatic carbocycles. The first-order valence-electron chi connectivity index (χ1n) is 11.6. The monoisotopic (exact) mass is 519 g/mol. The fraction of sp³-hybridized carbons (Fsp3) is 0.391. The third kappa shape index (κ3) is 5.49. The number of hydrogen-bond acceptors (Lipinski definition) is 8. The molecule has 0 bridgehead atoms. The summed E-state index contributed by atoms with van der Waals surface area (Å²) in [6.07, 6.45) is 1.48. The van der Waals surface area contributed by atoms with Crippen molar-refractivity contribution >= 4 is 17.5 Å². The van der Waals surface area contributed by atoms with E-state index in [1.807, 2.05) is 6.92 Å². The van der Waals surface area contributed by atoms with Crippen LogP contribution in [0.5, 0.6) is 0 Å². The first-order valence-corrected chi connectivity index (χ1v) is 11.6. The highest BCUT2D eigenvalue weighted by Crippen LogP contribution is 2.33. The maximum atomic E-state index is 15.2. The molecule has 2 aliphatic rings. The largest absolute Gasteiger partial charge is 0.353 e. The molecule has 10 nitrogen and oxygen atoms in total. The van der Waals surface area contributed by atoms with Gasteiger partial charge in [0.15, 0.2) is 11.6 Å². The first-order chi connectivity index (χ1) is 17.7. The van der Waals surface area contributed by atoms with Crippen LogP contribution in [0.4, 0.5) is 29.2 Å². The molecule has 3 aromatic rings. The number of hydrogen-bond donors (Lipinski definition) is 4. The summed E-state index contributed by atoms with van der Waals surface area (Å²) in [6.45, 7) is 1.37. The third-order valence-electron chi connectivity index (χ3n) is 6.16. The molecule has 2 atom stereocenters. The van der Waals surface area contributed by atoms with Crippen LogP contribution in [0.2, 0.25) is 0 Å². The molecule has 1 amide bonds. The average Bonchev–Trinajstić information content (AvgIpc) is 3.48. The molecule has 4 N–H and O–H groups in total. The number of alkyl halides is 3. The van der Waals surface area contributed by atoms with E-state index >= 15 is 4.39 Å². The molecule has 5 rings (SSSR count). The fourth-order valence-electron chi connectivity index (χ4n) is 4.17. The van der Waals surface area contributed by atoms with Gasteiger partial charge in [0.25, 0.3) is 12.3 Å². The molecule has 0 saturated carbocycles. The van der Waals surface area contributed by atoms with Gasteiger partial charge < -0.3 is 15.5 Å². The van der Waals surface area contributed by atoms with Gasteiger partial charge >= 0.3 is 0 Å². The zero-order valence-corrected chi connectivity index (χ0v) is 19.8. The Morgan fingerprint density at radius 2 is 2.03 bits per heavy atom. The standard InChI is InChI=1S/C23H25F4N9O/c1-13-4-18(34-33-13)31-17-5-15(21(25)26)6-20(32-17)35-11-23(27,12-35)22(37)29-8-14-2-3-19(28-7-14)36-10-16(24)9-30-36/h2-3,5-7,9-10,13,18,21,33-34H,4,8,11-12H2,1H3,(H,29,37)(H,31,32). The summed E-state index contributed by atoms with van der Waals surface area (Å²) in [6, 6.07) is 5.91. The third-order valence-corrected chi connectivity index (χ3v) is 6.16. The number of amides is 1. The molecule has 0 radical (unpaired) electrons. The summed E-state index contributed by atoms with van der Waals surface area (Å²) in [5.41, 5.74) is 4.21. The van der Waals surface area contributed by atoms with Crippen molar-refractivity contribution in [2.75, 3.05) is 23.3 Å². The van der Waals surface area contributed by atoms with Crippen LogP contribution in [0, 0.1) is 5.82 Å². The molecule has 37 heavy (non-hydrogen) atoms. The zero-order chi connectivity index (χ0) is 26.2. The molecule has 2 aliphatic heterocycles. The van der Waals surface area contributed by atoms with E-state index < -0.39 is 23.8 Å². The van der Waals surface area contributed by atoms with Gasteiger partial charge in [0.2, 0.25) is 5.67 Å². The normalized spacial score (nSPS) is 20.6. The topological polar surface area (TPSA) is 112 Å². The van der Waals surface area contributed by atoms with Gasteiger partial charge in [0.05, 0.1) is 31.6 Å². The number of carbonyl (C=O) groups excluding carboxylic acids is 1. The Morgan fingerprint density at radius 3 is 2.65 bits per heavy atom. The Balaban J connectivity index is 1.18. The highest BCUT2D eigenvalue weighted by Gasteiger charge is 2.50. The lowest BCUT2D eigenvalue weighted by Gasteiger charge is -2.44. The quantitative estimate of drug-likeness (QED) is 0.336. The van der Waals surface area contributed by atoms with Crippen LogP contribution in [0.3, 0.4) is 0 Å². The maximum absolute atomic E-state index is 15.2. The number of nitrogens with one attached hydrogen (secondary N) is 4. The Bertz CT molecular complexity index is 1260. The van der Waals surface area contributed by atoms with Gasteiger partial charge in [-0.05, 0) is 37.1 Å². The van der Waals surface area contributed by atoms with Crippen molar-refractivity contribution in [3.63, 3.8) is 0 Å². The molecule has 2 unspecified atom stereocenters. The molecule has 3 aromatic heterocycles. The molecular weight excluding hydrogens is 494 g/mol. The summed E-state index contributed by atoms with van der Waals surface area (Å²) in [4.78, 5) is 22.5. The van der Waals surface area contributed by atoms with Crippen LogP contribution in [-0.2, 0) is 11.3 Å². The van der Waals surface area contributed by atoms with Gasteiger partial charge in [-0.15, -0.1) is 0 Å². The molecule has 0 aromatic carbocycles. The summed E-state index contributed by atoms with van der Waals surface area (Å²) >= 11 is 0. The van der Waals surface area contributed by atoms with E-state index in [-0.39, 0.29) is 49.0 Å². The second-order valence-corrected chi connectivity index (χ2v) is 9.20. The van der Waals surface area contributed by atoms with Crippen molar-refractivity contribution in [1.29, 1.82) is 0 Å². The van der Waals surface area contributed by atoms with E-state index in [9.17, 15) is 18.0 Å². The number of halogens is 4. The number of nitrogens with zero attached hydrogens (tertiary/aromatic N) is 5. The van der Waals surface area contributed by atoms with Crippen molar-refractivity contribution in [2.45, 2.75) is 44.2 Å². The van der Waals surface area contributed by atoms with Crippen molar-refractivity contribution in [1.82, 2.24) is 35.9 Å². The summed E-state index contributed by atoms with van der Waals surface area (Å²) in [5.74, 6) is -0.536. The predicted octanol–water partition coefficient (Wildman–Crippen LogP) is 2.21. The molecule has 2 saturated heterocycles. The van der Waals surface area contributed by atoms with Crippen LogP contribution in [0.25, 0.3) is 5.82 Å². The smallest absolute Gasteiger partial charge is 0.264 e. The fourth-order valence-corrected chi connectivity index (χ4v) is 4.17. The lowest BCUT2D eigenvalue weighted by Crippen LogP contribution is -2.66. The van der Waals surface area contributed by atoms with Gasteiger partial charge in [0.1, 0.15) is 11.6 Å². The van der Waals surface area contributed by atoms with Crippen LogP contribution in [0.1, 0.15) is 30.9 Å². The highest BCUT2D eigenvalue weighted by molar-refractivity contribution is 5.88. The second kappa shape index (κ2) is 9.94. The number of carbonyl (C=O) groups is 1. The second-order valence-electron chi connectivity index (χ2n) is 9.20. The minimum atomic E-state index is -2.73. The van der Waals surface area contributed by atoms with Gasteiger partial charge in [-0.1, -0.05) is 6.07 Å². The minimum Gasteiger partial charge on any atom is -0.353 e. The number of rotatable bonds is 8. The summed E-state index contributed by atoms with van der Waals surface area (Å²) in [5, 5.41) is 9.42. The van der Waals surface area contributed by atoms with E-state index in [1.54, 1.807) is 12.1 Å². The van der Waals surface area contributed by atoms with Crippen molar-refractivity contribution in [2.24, 2.45) is 0 Å². The molecule has 196 valence electrons. The molecule has 2 fully saturated rings. The van der Waals surface area contributed by atoms with Gasteiger partial charge in [-0.3, -0.25) is 10.2 Å². The van der Waals surface area contributed by atoms with Crippen molar-refractivity contribution in [3.05, 3.63) is 59.8 Å². The van der Waals surface area contributed by atoms with Crippen LogP contribution >= 0.6 is 0 Å². The molecule has 0 spiro atoms. The van der Waals surface area contributed by atoms with Gasteiger partial charge in [0, 0.05) is 24.3 Å². The average molecular weight is 520 g/mol. The maximum Gasteiger partial charge on any atom is 0.264 e. The van der Waals surface area contributed by atoms with Gasteiger partial charge in [-0.2, -0.15) is 5.10 Å². The van der Waals surface area contributed by atoms with E-state index in [0.29, 0.717) is 17.8 Å². The SMILES string of the molecule is CC1CC(Nc2cc(C(F)F)cc(N3CC(F)(C(=O)NCc4ccc(-n5cc(F)cn5)nc4)C3)n2)NN1. The predicted molar refractivity (Wildman–Crippen MR) is 126 cm³/mol.